The molecule has 0 aliphatic carbocycles. The molecule has 0 atom stereocenters. The zero-order chi connectivity index (χ0) is 14.5. The molecule has 0 aromatic carbocycles. The summed E-state index contributed by atoms with van der Waals surface area (Å²) in [6, 6.07) is 0. The second kappa shape index (κ2) is 6.67. The van der Waals surface area contributed by atoms with E-state index in [1.54, 1.807) is 0 Å². The topological polar surface area (TPSA) is 91.4 Å². The number of fused-ring (bicyclic) bond motifs is 1. The van der Waals surface area contributed by atoms with Crippen molar-refractivity contribution in [2.75, 3.05) is 20.3 Å². The first kappa shape index (κ1) is 14.7. The molecular weight excluding hydrogens is 270 g/mol. The van der Waals surface area contributed by atoms with Gasteiger partial charge in [0, 0.05) is 18.8 Å². The van der Waals surface area contributed by atoms with Gasteiger partial charge in [0.2, 0.25) is 0 Å². The minimum atomic E-state index is -1.07. The highest BCUT2D eigenvalue weighted by atomic mass is 16.8. The number of imide groups is 1. The van der Waals surface area contributed by atoms with Crippen molar-refractivity contribution in [1.29, 1.82) is 0 Å². The molecule has 3 fully saturated rings. The zero-order valence-corrected chi connectivity index (χ0v) is 11.2. The van der Waals surface area contributed by atoms with Crippen LogP contribution in [-0.4, -0.2) is 49.6 Å². The lowest BCUT2D eigenvalue weighted by atomic mass is 10.1. The van der Waals surface area contributed by atoms with Gasteiger partial charge in [0.05, 0.1) is 20.3 Å². The van der Waals surface area contributed by atoms with Gasteiger partial charge in [-0.1, -0.05) is 5.06 Å². The van der Waals surface area contributed by atoms with E-state index in [0.29, 0.717) is 5.06 Å². The number of ether oxygens (including phenoxy) is 3. The van der Waals surface area contributed by atoms with Crippen molar-refractivity contribution >= 4 is 18.0 Å². The molecule has 3 aliphatic heterocycles. The van der Waals surface area contributed by atoms with E-state index in [2.05, 4.69) is 9.57 Å². The van der Waals surface area contributed by atoms with Crippen LogP contribution in [0.3, 0.4) is 0 Å². The smallest absolute Gasteiger partial charge is 0.436 e. The minimum Gasteiger partial charge on any atom is -0.436 e. The summed E-state index contributed by atoms with van der Waals surface area (Å²) < 4.78 is 14.6. The van der Waals surface area contributed by atoms with Gasteiger partial charge in [-0.05, 0) is 12.8 Å². The van der Waals surface area contributed by atoms with Crippen molar-refractivity contribution in [2.24, 2.45) is 5.92 Å². The summed E-state index contributed by atoms with van der Waals surface area (Å²) in [4.78, 5) is 36.3. The molecule has 0 saturated carbocycles. The number of hydrogen-bond acceptors (Lipinski definition) is 7. The highest BCUT2D eigenvalue weighted by molar-refractivity contribution is 6.01. The van der Waals surface area contributed by atoms with Crippen molar-refractivity contribution in [1.82, 2.24) is 5.06 Å². The van der Waals surface area contributed by atoms with Gasteiger partial charge in [-0.2, -0.15) is 0 Å². The summed E-state index contributed by atoms with van der Waals surface area (Å²) in [5.74, 6) is -0.314. The van der Waals surface area contributed by atoms with Crippen LogP contribution in [0.2, 0.25) is 0 Å². The first-order valence-corrected chi connectivity index (χ1v) is 6.46. The van der Waals surface area contributed by atoms with Crippen molar-refractivity contribution < 1.29 is 33.4 Å². The van der Waals surface area contributed by atoms with Crippen LogP contribution in [0.25, 0.3) is 0 Å². The fourth-order valence-corrected chi connectivity index (χ4v) is 2.18. The average Bonchev–Trinajstić information content (AvgIpc) is 3.11. The largest absolute Gasteiger partial charge is 0.533 e. The van der Waals surface area contributed by atoms with Gasteiger partial charge in [0.15, 0.2) is 6.29 Å². The van der Waals surface area contributed by atoms with Gasteiger partial charge < -0.3 is 14.2 Å². The molecular formula is C12H17NO7. The predicted molar refractivity (Wildman–Crippen MR) is 63.0 cm³/mol. The van der Waals surface area contributed by atoms with Gasteiger partial charge in [0.25, 0.3) is 11.8 Å². The third-order valence-corrected chi connectivity index (χ3v) is 3.26. The molecule has 20 heavy (non-hydrogen) atoms. The van der Waals surface area contributed by atoms with Crippen LogP contribution in [0.15, 0.2) is 0 Å². The maximum absolute atomic E-state index is 10.8. The number of carbonyl (C=O) groups excluding carboxylic acids is 3. The first-order valence-electron chi connectivity index (χ1n) is 6.46. The second-order valence-corrected chi connectivity index (χ2v) is 4.57. The molecule has 2 amide bonds. The Morgan fingerprint density at radius 2 is 1.70 bits per heavy atom. The average molecular weight is 287 g/mol. The number of hydroxylamine groups is 2. The third-order valence-electron chi connectivity index (χ3n) is 3.26. The van der Waals surface area contributed by atoms with Crippen molar-refractivity contribution in [3.63, 3.8) is 0 Å². The van der Waals surface area contributed by atoms with Gasteiger partial charge in [-0.15, -0.1) is 0 Å². The number of methoxy groups -OCH3 is 1. The summed E-state index contributed by atoms with van der Waals surface area (Å²) in [5, 5.41) is 0.422. The number of hydrogen-bond donors (Lipinski definition) is 0. The van der Waals surface area contributed by atoms with Gasteiger partial charge in [-0.25, -0.2) is 4.79 Å². The third kappa shape index (κ3) is 3.45. The van der Waals surface area contributed by atoms with Crippen molar-refractivity contribution in [3.05, 3.63) is 0 Å². The van der Waals surface area contributed by atoms with Gasteiger partial charge >= 0.3 is 6.16 Å². The maximum atomic E-state index is 10.8. The Morgan fingerprint density at radius 1 is 1.15 bits per heavy atom. The molecule has 3 aliphatic rings. The van der Waals surface area contributed by atoms with E-state index in [4.69, 9.17) is 9.47 Å². The minimum absolute atomic E-state index is 0.0792. The number of nitrogens with zero attached hydrogens (tertiary/aromatic N) is 1. The predicted octanol–water partition coefficient (Wildman–Crippen LogP) is 0.603. The van der Waals surface area contributed by atoms with Crippen molar-refractivity contribution in [2.45, 2.75) is 32.0 Å². The monoisotopic (exact) mass is 287 g/mol. The quantitative estimate of drug-likeness (QED) is 0.515. The Balaban J connectivity index is 0.000000157. The molecule has 3 rings (SSSR count). The molecule has 0 radical (unpaired) electrons. The summed E-state index contributed by atoms with van der Waals surface area (Å²) >= 11 is 0. The molecule has 0 bridgehead atoms. The fraction of sp³-hybridized carbons (Fsp3) is 0.750. The van der Waals surface area contributed by atoms with E-state index in [0.717, 1.165) is 26.2 Å². The standard InChI is InChI=1S/C6H7NO5.C6H10O2/c1-11-6(10)12-7-4(8)2-3-5(7)9;1-3-7-6-5(1)2-4-8-6/h2-3H2,1H3;5-6H,1-4H2. The van der Waals surface area contributed by atoms with E-state index >= 15 is 0 Å². The molecule has 3 saturated heterocycles. The maximum Gasteiger partial charge on any atom is 0.533 e. The lowest BCUT2D eigenvalue weighted by Gasteiger charge is -2.10. The summed E-state index contributed by atoms with van der Waals surface area (Å²) in [6.07, 6.45) is 1.69. The first-order chi connectivity index (χ1) is 9.61. The number of carbonyl (C=O) groups is 3. The summed E-state index contributed by atoms with van der Waals surface area (Å²) in [5.41, 5.74) is 0. The fourth-order valence-electron chi connectivity index (χ4n) is 2.18. The normalized spacial score (nSPS) is 27.9. The molecule has 8 heteroatoms. The van der Waals surface area contributed by atoms with Crippen LogP contribution in [-0.2, 0) is 28.6 Å². The molecule has 3 heterocycles. The van der Waals surface area contributed by atoms with Crippen LogP contribution in [0.4, 0.5) is 4.79 Å². The molecule has 0 aromatic rings. The Morgan fingerprint density at radius 3 is 2.15 bits per heavy atom. The SMILES string of the molecule is C1CC2CCOC2O1.COC(=O)ON1C(=O)CCC1=O. The Bertz CT molecular complexity index is 361. The summed E-state index contributed by atoms with van der Waals surface area (Å²) in [6.45, 7) is 1.82. The molecule has 0 aromatic heterocycles. The number of amides is 2. The van der Waals surface area contributed by atoms with E-state index < -0.39 is 18.0 Å². The number of rotatable bonds is 1. The van der Waals surface area contributed by atoms with Crippen LogP contribution >= 0.6 is 0 Å². The summed E-state index contributed by atoms with van der Waals surface area (Å²) in [7, 11) is 1.09. The Labute approximate surface area is 115 Å². The van der Waals surface area contributed by atoms with Crippen molar-refractivity contribution in [3.8, 4) is 0 Å². The van der Waals surface area contributed by atoms with E-state index in [1.807, 2.05) is 0 Å². The van der Waals surface area contributed by atoms with Crippen LogP contribution in [0.1, 0.15) is 25.7 Å². The molecule has 0 unspecified atom stereocenters. The van der Waals surface area contributed by atoms with Gasteiger partial charge in [-0.3, -0.25) is 14.4 Å². The lowest BCUT2D eigenvalue weighted by molar-refractivity contribution is -0.176. The lowest BCUT2D eigenvalue weighted by Crippen LogP contribution is -2.31. The second-order valence-electron chi connectivity index (χ2n) is 4.57. The van der Waals surface area contributed by atoms with E-state index in [1.165, 1.54) is 12.8 Å². The van der Waals surface area contributed by atoms with Crippen LogP contribution in [0, 0.1) is 5.92 Å². The zero-order valence-electron chi connectivity index (χ0n) is 11.2. The van der Waals surface area contributed by atoms with E-state index in [-0.39, 0.29) is 19.1 Å². The van der Waals surface area contributed by atoms with Gasteiger partial charge in [0.1, 0.15) is 0 Å². The van der Waals surface area contributed by atoms with E-state index in [9.17, 15) is 14.4 Å². The Hall–Kier alpha value is -1.67. The molecule has 0 N–H and O–H groups in total. The molecule has 112 valence electrons. The molecule has 8 nitrogen and oxygen atoms in total. The highest BCUT2D eigenvalue weighted by Crippen LogP contribution is 2.30. The van der Waals surface area contributed by atoms with Crippen LogP contribution < -0.4 is 0 Å². The van der Waals surface area contributed by atoms with Crippen LogP contribution in [0.5, 0.6) is 0 Å². The highest BCUT2D eigenvalue weighted by Gasteiger charge is 2.33. The Kier molecular flexibility index (Phi) is 4.91. The molecule has 0 spiro atoms.